The Kier molecular flexibility index (Phi) is 3.81. The average molecular weight is 228 g/mol. The number of carbonyl (C=O) groups is 1. The summed E-state index contributed by atoms with van der Waals surface area (Å²) in [6, 6.07) is 6.76. The van der Waals surface area contributed by atoms with Crippen molar-refractivity contribution >= 4 is 29.3 Å². The number of hydrogen-bond acceptors (Lipinski definition) is 3. The second-order valence-electron chi connectivity index (χ2n) is 2.43. The fourth-order valence-electron chi connectivity index (χ4n) is 0.855. The lowest BCUT2D eigenvalue weighted by molar-refractivity contribution is -0.133. The van der Waals surface area contributed by atoms with Crippen molar-refractivity contribution in [3.63, 3.8) is 0 Å². The first-order chi connectivity index (χ1) is 6.63. The Morgan fingerprint density at radius 3 is 2.93 bits per heavy atom. The van der Waals surface area contributed by atoms with E-state index in [-0.39, 0.29) is 5.75 Å². The van der Waals surface area contributed by atoms with Crippen LogP contribution in [0.3, 0.4) is 0 Å². The van der Waals surface area contributed by atoms with Gasteiger partial charge in [0.05, 0.1) is 11.3 Å². The van der Waals surface area contributed by atoms with Crippen molar-refractivity contribution in [2.24, 2.45) is 0 Å². The maximum absolute atomic E-state index is 10.3. The Morgan fingerprint density at radius 1 is 1.64 bits per heavy atom. The van der Waals surface area contributed by atoms with E-state index in [0.29, 0.717) is 15.5 Å². The van der Waals surface area contributed by atoms with E-state index in [2.05, 4.69) is 0 Å². The lowest BCUT2D eigenvalue weighted by Gasteiger charge is -2.01. The minimum atomic E-state index is -0.908. The van der Waals surface area contributed by atoms with Crippen molar-refractivity contribution in [3.05, 3.63) is 28.8 Å². The number of nitrogens with zero attached hydrogens (tertiary/aromatic N) is 1. The Balaban J connectivity index is 2.87. The second-order valence-corrected chi connectivity index (χ2v) is 3.89. The van der Waals surface area contributed by atoms with Gasteiger partial charge in [-0.2, -0.15) is 5.26 Å². The van der Waals surface area contributed by atoms with Crippen LogP contribution < -0.4 is 0 Å². The number of benzene rings is 1. The summed E-state index contributed by atoms with van der Waals surface area (Å²) in [6.45, 7) is 0. The van der Waals surface area contributed by atoms with Crippen molar-refractivity contribution in [2.45, 2.75) is 4.90 Å². The number of hydrogen-bond donors (Lipinski definition) is 1. The molecule has 5 heteroatoms. The Morgan fingerprint density at radius 2 is 2.36 bits per heavy atom. The topological polar surface area (TPSA) is 61.1 Å². The van der Waals surface area contributed by atoms with Gasteiger partial charge in [0.2, 0.25) is 0 Å². The maximum Gasteiger partial charge on any atom is 0.313 e. The summed E-state index contributed by atoms with van der Waals surface area (Å²) in [4.78, 5) is 10.9. The van der Waals surface area contributed by atoms with Crippen LogP contribution in [-0.4, -0.2) is 16.8 Å². The summed E-state index contributed by atoms with van der Waals surface area (Å²) >= 11 is 6.79. The van der Waals surface area contributed by atoms with E-state index < -0.39 is 5.97 Å². The smallest absolute Gasteiger partial charge is 0.313 e. The van der Waals surface area contributed by atoms with E-state index in [0.717, 1.165) is 11.8 Å². The summed E-state index contributed by atoms with van der Waals surface area (Å²) < 4.78 is 0. The van der Waals surface area contributed by atoms with Crippen molar-refractivity contribution < 1.29 is 9.90 Å². The largest absolute Gasteiger partial charge is 0.481 e. The monoisotopic (exact) mass is 227 g/mol. The van der Waals surface area contributed by atoms with E-state index in [4.69, 9.17) is 22.0 Å². The summed E-state index contributed by atoms with van der Waals surface area (Å²) in [5.74, 6) is -0.968. The highest BCUT2D eigenvalue weighted by atomic mass is 35.5. The summed E-state index contributed by atoms with van der Waals surface area (Å²) in [5, 5.41) is 17.7. The van der Waals surface area contributed by atoms with Crippen molar-refractivity contribution in [1.82, 2.24) is 0 Å². The quantitative estimate of drug-likeness (QED) is 0.806. The third kappa shape index (κ3) is 2.95. The number of halogens is 1. The van der Waals surface area contributed by atoms with Gasteiger partial charge in [-0.3, -0.25) is 4.79 Å². The van der Waals surface area contributed by atoms with Crippen LogP contribution in [0, 0.1) is 11.3 Å². The summed E-state index contributed by atoms with van der Waals surface area (Å²) in [6.07, 6.45) is 0. The van der Waals surface area contributed by atoms with Crippen molar-refractivity contribution in [1.29, 1.82) is 5.26 Å². The van der Waals surface area contributed by atoms with Crippen LogP contribution in [0.15, 0.2) is 23.1 Å². The molecule has 3 nitrogen and oxygen atoms in total. The standard InChI is InChI=1S/C9H6ClNO2S/c10-7-1-2-8(6(3-7)4-11)14-5-9(12)13/h1-3H,5H2,(H,12,13). The molecule has 0 saturated carbocycles. The zero-order chi connectivity index (χ0) is 10.6. The number of aliphatic carboxylic acids is 1. The van der Waals surface area contributed by atoms with E-state index in [1.165, 1.54) is 6.07 Å². The third-order valence-electron chi connectivity index (χ3n) is 1.41. The van der Waals surface area contributed by atoms with Crippen LogP contribution in [0.4, 0.5) is 0 Å². The molecule has 0 unspecified atom stereocenters. The van der Waals surface area contributed by atoms with Crippen LogP contribution in [-0.2, 0) is 4.79 Å². The fourth-order valence-corrected chi connectivity index (χ4v) is 1.73. The molecule has 0 saturated heterocycles. The molecule has 0 atom stereocenters. The van der Waals surface area contributed by atoms with Gasteiger partial charge in [-0.15, -0.1) is 11.8 Å². The van der Waals surface area contributed by atoms with Gasteiger partial charge in [0.15, 0.2) is 0 Å². The molecule has 0 aliphatic rings. The highest BCUT2D eigenvalue weighted by Crippen LogP contribution is 2.24. The Bertz CT molecular complexity index is 400. The molecule has 0 aliphatic heterocycles. The first-order valence-electron chi connectivity index (χ1n) is 3.67. The van der Waals surface area contributed by atoms with E-state index in [1.54, 1.807) is 12.1 Å². The van der Waals surface area contributed by atoms with Crippen molar-refractivity contribution in [3.8, 4) is 6.07 Å². The van der Waals surface area contributed by atoms with Crippen LogP contribution >= 0.6 is 23.4 Å². The van der Waals surface area contributed by atoms with Gasteiger partial charge in [-0.05, 0) is 18.2 Å². The molecule has 0 amide bonds. The van der Waals surface area contributed by atoms with E-state index >= 15 is 0 Å². The molecule has 1 N–H and O–H groups in total. The van der Waals surface area contributed by atoms with Crippen LogP contribution in [0.1, 0.15) is 5.56 Å². The molecular weight excluding hydrogens is 222 g/mol. The molecule has 0 spiro atoms. The number of carboxylic acids is 1. The average Bonchev–Trinajstić information content (AvgIpc) is 2.15. The highest BCUT2D eigenvalue weighted by molar-refractivity contribution is 8.00. The van der Waals surface area contributed by atoms with Gasteiger partial charge in [0.1, 0.15) is 6.07 Å². The molecule has 72 valence electrons. The minimum Gasteiger partial charge on any atom is -0.481 e. The molecule has 0 bridgehead atoms. The van der Waals surface area contributed by atoms with Crippen molar-refractivity contribution in [2.75, 3.05) is 5.75 Å². The van der Waals surface area contributed by atoms with Gasteiger partial charge < -0.3 is 5.11 Å². The molecule has 1 aromatic rings. The predicted octanol–water partition coefficient (Wildman–Crippen LogP) is 2.39. The number of rotatable bonds is 3. The Hall–Kier alpha value is -1.18. The van der Waals surface area contributed by atoms with E-state index in [1.807, 2.05) is 6.07 Å². The van der Waals surface area contributed by atoms with Crippen LogP contribution in [0.25, 0.3) is 0 Å². The number of nitriles is 1. The summed E-state index contributed by atoms with van der Waals surface area (Å²) in [5.41, 5.74) is 0.406. The zero-order valence-electron chi connectivity index (χ0n) is 7.03. The minimum absolute atomic E-state index is 0.0592. The van der Waals surface area contributed by atoms with Gasteiger partial charge in [-0.1, -0.05) is 11.6 Å². The third-order valence-corrected chi connectivity index (χ3v) is 2.71. The maximum atomic E-state index is 10.3. The van der Waals surface area contributed by atoms with Gasteiger partial charge in [0.25, 0.3) is 0 Å². The highest BCUT2D eigenvalue weighted by Gasteiger charge is 2.05. The molecule has 0 fully saturated rings. The van der Waals surface area contributed by atoms with E-state index in [9.17, 15) is 4.79 Å². The van der Waals surface area contributed by atoms with Crippen LogP contribution in [0.2, 0.25) is 5.02 Å². The normalized spacial score (nSPS) is 9.43. The van der Waals surface area contributed by atoms with Gasteiger partial charge >= 0.3 is 5.97 Å². The first kappa shape index (κ1) is 10.9. The second kappa shape index (κ2) is 4.89. The van der Waals surface area contributed by atoms with Crippen LogP contribution in [0.5, 0.6) is 0 Å². The zero-order valence-corrected chi connectivity index (χ0v) is 8.60. The predicted molar refractivity (Wildman–Crippen MR) is 54.5 cm³/mol. The molecule has 0 radical (unpaired) electrons. The molecule has 1 aromatic carbocycles. The fraction of sp³-hybridized carbons (Fsp3) is 0.111. The molecule has 1 rings (SSSR count). The van der Waals surface area contributed by atoms with Gasteiger partial charge in [0, 0.05) is 9.92 Å². The Labute approximate surface area is 90.3 Å². The lowest BCUT2D eigenvalue weighted by Crippen LogP contribution is -1.97. The SMILES string of the molecule is N#Cc1cc(Cl)ccc1SCC(=O)O. The lowest BCUT2D eigenvalue weighted by atomic mass is 10.2. The number of carboxylic acid groups (broad SMARTS) is 1. The first-order valence-corrected chi connectivity index (χ1v) is 5.04. The van der Waals surface area contributed by atoms with Gasteiger partial charge in [-0.25, -0.2) is 0 Å². The molecule has 0 heterocycles. The number of thioether (sulfide) groups is 1. The summed E-state index contributed by atoms with van der Waals surface area (Å²) in [7, 11) is 0. The molecule has 0 aromatic heterocycles. The molecular formula is C9H6ClNO2S. The molecule has 14 heavy (non-hydrogen) atoms. The molecule has 0 aliphatic carbocycles.